The smallest absolute Gasteiger partial charge is 0.203 e. The van der Waals surface area contributed by atoms with E-state index in [1.165, 1.54) is 11.1 Å². The SMILES string of the molecule is Cc1ccccc1CCNc1nc2ccccc2n1C. The summed E-state index contributed by atoms with van der Waals surface area (Å²) in [6.07, 6.45) is 1.01. The van der Waals surface area contributed by atoms with Crippen molar-refractivity contribution in [1.29, 1.82) is 0 Å². The number of hydrogen-bond acceptors (Lipinski definition) is 2. The first-order chi connectivity index (χ1) is 9.75. The van der Waals surface area contributed by atoms with E-state index >= 15 is 0 Å². The van der Waals surface area contributed by atoms with Crippen LogP contribution in [0.3, 0.4) is 0 Å². The molecule has 3 nitrogen and oxygen atoms in total. The lowest BCUT2D eigenvalue weighted by atomic mass is 10.1. The molecule has 1 heterocycles. The van der Waals surface area contributed by atoms with Crippen LogP contribution in [-0.4, -0.2) is 16.1 Å². The van der Waals surface area contributed by atoms with Crippen molar-refractivity contribution in [3.8, 4) is 0 Å². The summed E-state index contributed by atoms with van der Waals surface area (Å²) in [5, 5.41) is 3.43. The minimum Gasteiger partial charge on any atom is -0.355 e. The zero-order valence-electron chi connectivity index (χ0n) is 11.9. The molecule has 102 valence electrons. The Morgan fingerprint density at radius 3 is 2.60 bits per heavy atom. The van der Waals surface area contributed by atoms with Crippen LogP contribution in [0.2, 0.25) is 0 Å². The average molecular weight is 265 g/mol. The van der Waals surface area contributed by atoms with Crippen molar-refractivity contribution in [3.05, 3.63) is 59.7 Å². The van der Waals surface area contributed by atoms with Crippen molar-refractivity contribution in [2.24, 2.45) is 7.05 Å². The summed E-state index contributed by atoms with van der Waals surface area (Å²) in [4.78, 5) is 4.62. The second-order valence-corrected chi connectivity index (χ2v) is 5.09. The third-order valence-electron chi connectivity index (χ3n) is 3.73. The first-order valence-electron chi connectivity index (χ1n) is 6.95. The molecule has 0 aliphatic heterocycles. The van der Waals surface area contributed by atoms with E-state index in [1.807, 2.05) is 25.2 Å². The number of benzene rings is 2. The van der Waals surface area contributed by atoms with Crippen LogP contribution >= 0.6 is 0 Å². The fraction of sp³-hybridized carbons (Fsp3) is 0.235. The number of hydrogen-bond donors (Lipinski definition) is 1. The van der Waals surface area contributed by atoms with Crippen LogP contribution < -0.4 is 5.32 Å². The standard InChI is InChI=1S/C17H19N3/c1-13-7-3-4-8-14(13)11-12-18-17-19-15-9-5-6-10-16(15)20(17)2/h3-10H,11-12H2,1-2H3,(H,18,19). The number of anilines is 1. The molecular formula is C17H19N3. The van der Waals surface area contributed by atoms with Gasteiger partial charge in [-0.15, -0.1) is 0 Å². The van der Waals surface area contributed by atoms with Gasteiger partial charge < -0.3 is 9.88 Å². The van der Waals surface area contributed by atoms with Gasteiger partial charge in [-0.3, -0.25) is 0 Å². The molecule has 3 heteroatoms. The van der Waals surface area contributed by atoms with E-state index in [1.54, 1.807) is 0 Å². The van der Waals surface area contributed by atoms with Crippen molar-refractivity contribution in [2.75, 3.05) is 11.9 Å². The zero-order valence-corrected chi connectivity index (χ0v) is 11.9. The number of fused-ring (bicyclic) bond motifs is 1. The third-order valence-corrected chi connectivity index (χ3v) is 3.73. The molecule has 0 atom stereocenters. The van der Waals surface area contributed by atoms with Gasteiger partial charge in [-0.05, 0) is 36.6 Å². The Bertz CT molecular complexity index is 728. The highest BCUT2D eigenvalue weighted by Gasteiger charge is 2.06. The predicted octanol–water partition coefficient (Wildman–Crippen LogP) is 3.54. The number of imidazole rings is 1. The van der Waals surface area contributed by atoms with Crippen molar-refractivity contribution in [1.82, 2.24) is 9.55 Å². The molecule has 0 bridgehead atoms. The summed E-state index contributed by atoms with van der Waals surface area (Å²) in [7, 11) is 2.05. The Balaban J connectivity index is 1.71. The van der Waals surface area contributed by atoms with Crippen LogP contribution in [-0.2, 0) is 13.5 Å². The van der Waals surface area contributed by atoms with Gasteiger partial charge in [0.15, 0.2) is 0 Å². The molecule has 0 aliphatic carbocycles. The van der Waals surface area contributed by atoms with Gasteiger partial charge in [0, 0.05) is 13.6 Å². The predicted molar refractivity (Wildman–Crippen MR) is 84.1 cm³/mol. The second kappa shape index (κ2) is 5.37. The van der Waals surface area contributed by atoms with Gasteiger partial charge >= 0.3 is 0 Å². The molecule has 3 rings (SSSR count). The summed E-state index contributed by atoms with van der Waals surface area (Å²) < 4.78 is 2.10. The van der Waals surface area contributed by atoms with Crippen molar-refractivity contribution >= 4 is 17.0 Å². The fourth-order valence-electron chi connectivity index (χ4n) is 2.50. The molecule has 2 aromatic carbocycles. The van der Waals surface area contributed by atoms with E-state index in [2.05, 4.69) is 52.1 Å². The highest BCUT2D eigenvalue weighted by Crippen LogP contribution is 2.17. The maximum absolute atomic E-state index is 4.62. The van der Waals surface area contributed by atoms with Crippen LogP contribution in [0, 0.1) is 6.92 Å². The Labute approximate surface area is 119 Å². The van der Waals surface area contributed by atoms with Gasteiger partial charge in [0.2, 0.25) is 5.95 Å². The van der Waals surface area contributed by atoms with E-state index in [9.17, 15) is 0 Å². The van der Waals surface area contributed by atoms with Crippen molar-refractivity contribution in [2.45, 2.75) is 13.3 Å². The number of rotatable bonds is 4. The lowest BCUT2D eigenvalue weighted by Crippen LogP contribution is -2.09. The topological polar surface area (TPSA) is 29.9 Å². The normalized spacial score (nSPS) is 10.9. The molecule has 0 aliphatic rings. The van der Waals surface area contributed by atoms with Crippen LogP contribution in [0.4, 0.5) is 5.95 Å². The van der Waals surface area contributed by atoms with Gasteiger partial charge in [-0.1, -0.05) is 36.4 Å². The molecule has 0 fully saturated rings. The summed E-state index contributed by atoms with van der Waals surface area (Å²) >= 11 is 0. The van der Waals surface area contributed by atoms with Crippen LogP contribution in [0.25, 0.3) is 11.0 Å². The first kappa shape index (κ1) is 12.7. The van der Waals surface area contributed by atoms with E-state index in [-0.39, 0.29) is 0 Å². The van der Waals surface area contributed by atoms with E-state index < -0.39 is 0 Å². The number of nitrogens with one attached hydrogen (secondary N) is 1. The highest BCUT2D eigenvalue weighted by molar-refractivity contribution is 5.78. The number of para-hydroxylation sites is 2. The molecule has 0 spiro atoms. The minimum atomic E-state index is 0.891. The lowest BCUT2D eigenvalue weighted by Gasteiger charge is -2.08. The maximum atomic E-state index is 4.62. The van der Waals surface area contributed by atoms with E-state index in [0.29, 0.717) is 0 Å². The molecule has 0 saturated carbocycles. The van der Waals surface area contributed by atoms with Crippen LogP contribution in [0.15, 0.2) is 48.5 Å². The average Bonchev–Trinajstić information content (AvgIpc) is 2.78. The molecular weight excluding hydrogens is 246 g/mol. The van der Waals surface area contributed by atoms with Crippen molar-refractivity contribution in [3.63, 3.8) is 0 Å². The van der Waals surface area contributed by atoms with E-state index in [4.69, 9.17) is 0 Å². The molecule has 0 saturated heterocycles. The summed E-state index contributed by atoms with van der Waals surface area (Å²) in [6.45, 7) is 3.05. The van der Waals surface area contributed by atoms with Gasteiger partial charge in [0.25, 0.3) is 0 Å². The summed E-state index contributed by atoms with van der Waals surface area (Å²) in [5.41, 5.74) is 4.93. The molecule has 0 radical (unpaired) electrons. The largest absolute Gasteiger partial charge is 0.355 e. The Kier molecular flexibility index (Phi) is 3.42. The van der Waals surface area contributed by atoms with E-state index in [0.717, 1.165) is 29.9 Å². The third kappa shape index (κ3) is 2.39. The van der Waals surface area contributed by atoms with Gasteiger partial charge in [0.05, 0.1) is 11.0 Å². The number of nitrogens with zero attached hydrogens (tertiary/aromatic N) is 2. The Morgan fingerprint density at radius 2 is 1.80 bits per heavy atom. The second-order valence-electron chi connectivity index (χ2n) is 5.09. The van der Waals surface area contributed by atoms with Gasteiger partial charge in [-0.2, -0.15) is 0 Å². The van der Waals surface area contributed by atoms with Gasteiger partial charge in [-0.25, -0.2) is 4.98 Å². The Morgan fingerprint density at radius 1 is 1.05 bits per heavy atom. The zero-order chi connectivity index (χ0) is 13.9. The van der Waals surface area contributed by atoms with Crippen molar-refractivity contribution < 1.29 is 0 Å². The highest BCUT2D eigenvalue weighted by atomic mass is 15.2. The first-order valence-corrected chi connectivity index (χ1v) is 6.95. The monoisotopic (exact) mass is 265 g/mol. The van der Waals surface area contributed by atoms with Gasteiger partial charge in [0.1, 0.15) is 0 Å². The summed E-state index contributed by atoms with van der Waals surface area (Å²) in [5.74, 6) is 0.930. The Hall–Kier alpha value is -2.29. The summed E-state index contributed by atoms with van der Waals surface area (Å²) in [6, 6.07) is 16.7. The van der Waals surface area contributed by atoms with Crippen LogP contribution in [0.1, 0.15) is 11.1 Å². The number of aromatic nitrogens is 2. The lowest BCUT2D eigenvalue weighted by molar-refractivity contribution is 0.909. The van der Waals surface area contributed by atoms with Crippen LogP contribution in [0.5, 0.6) is 0 Å². The molecule has 1 N–H and O–H groups in total. The molecule has 1 aromatic heterocycles. The minimum absolute atomic E-state index is 0.891. The molecule has 0 unspecified atom stereocenters. The molecule has 0 amide bonds. The quantitative estimate of drug-likeness (QED) is 0.782. The molecule has 3 aromatic rings. The number of aryl methyl sites for hydroxylation is 2. The maximum Gasteiger partial charge on any atom is 0.203 e. The molecule has 20 heavy (non-hydrogen) atoms. The fourth-order valence-corrected chi connectivity index (χ4v) is 2.50.